The van der Waals surface area contributed by atoms with Gasteiger partial charge in [0.15, 0.2) is 0 Å². The second-order valence-corrected chi connectivity index (χ2v) is 6.52. The minimum absolute atomic E-state index is 0.187. The van der Waals surface area contributed by atoms with E-state index in [4.69, 9.17) is 10.5 Å². The fourth-order valence-corrected chi connectivity index (χ4v) is 3.70. The third kappa shape index (κ3) is 3.90. The average molecular weight is 294 g/mol. The number of nitrogens with zero attached hydrogens (tertiary/aromatic N) is 1. The van der Waals surface area contributed by atoms with Gasteiger partial charge in [-0.1, -0.05) is 19.1 Å². The minimum atomic E-state index is 0.187. The van der Waals surface area contributed by atoms with E-state index in [2.05, 4.69) is 35.7 Å². The van der Waals surface area contributed by atoms with E-state index in [1.807, 2.05) is 12.1 Å². The van der Waals surface area contributed by atoms with E-state index in [1.165, 1.54) is 23.5 Å². The van der Waals surface area contributed by atoms with Crippen LogP contribution < -0.4 is 10.5 Å². The van der Waals surface area contributed by atoms with Gasteiger partial charge in [-0.3, -0.25) is 4.90 Å². The molecule has 1 aliphatic heterocycles. The predicted octanol–water partition coefficient (Wildman–Crippen LogP) is 2.91. The van der Waals surface area contributed by atoms with Gasteiger partial charge in [0.1, 0.15) is 5.75 Å². The highest BCUT2D eigenvalue weighted by Crippen LogP contribution is 2.28. The lowest BCUT2D eigenvalue weighted by atomic mass is 9.96. The van der Waals surface area contributed by atoms with E-state index >= 15 is 0 Å². The highest BCUT2D eigenvalue weighted by atomic mass is 32.2. The monoisotopic (exact) mass is 294 g/mol. The number of methoxy groups -OCH3 is 1. The van der Waals surface area contributed by atoms with Crippen molar-refractivity contribution in [2.24, 2.45) is 5.73 Å². The summed E-state index contributed by atoms with van der Waals surface area (Å²) in [5.74, 6) is 3.39. The van der Waals surface area contributed by atoms with Crippen LogP contribution in [-0.2, 0) is 0 Å². The summed E-state index contributed by atoms with van der Waals surface area (Å²) >= 11 is 2.05. The van der Waals surface area contributed by atoms with Gasteiger partial charge >= 0.3 is 0 Å². The topological polar surface area (TPSA) is 38.5 Å². The molecule has 1 aromatic carbocycles. The van der Waals surface area contributed by atoms with Gasteiger partial charge in [0.2, 0.25) is 0 Å². The Kier molecular flexibility index (Phi) is 6.20. The van der Waals surface area contributed by atoms with Crippen molar-refractivity contribution in [2.75, 3.05) is 31.7 Å². The van der Waals surface area contributed by atoms with Crippen molar-refractivity contribution in [2.45, 2.75) is 31.8 Å². The van der Waals surface area contributed by atoms with Gasteiger partial charge in [-0.05, 0) is 42.8 Å². The fourth-order valence-electron chi connectivity index (χ4n) is 2.80. The first-order chi connectivity index (χ1) is 9.76. The quantitative estimate of drug-likeness (QED) is 0.906. The molecule has 0 spiro atoms. The van der Waals surface area contributed by atoms with E-state index < -0.39 is 0 Å². The van der Waals surface area contributed by atoms with Crippen molar-refractivity contribution in [1.82, 2.24) is 4.90 Å². The van der Waals surface area contributed by atoms with Gasteiger partial charge in [0.05, 0.1) is 7.11 Å². The number of hydrogen-bond acceptors (Lipinski definition) is 4. The van der Waals surface area contributed by atoms with E-state index in [0.29, 0.717) is 6.04 Å². The standard InChI is InChI=1S/C16H26N2OS/c1-3-15(17)16(18-9-4-11-20-12-10-18)13-5-7-14(19-2)8-6-13/h5-8,15-16H,3-4,9-12,17H2,1-2H3. The Morgan fingerprint density at radius 1 is 1.25 bits per heavy atom. The molecule has 20 heavy (non-hydrogen) atoms. The molecule has 0 amide bonds. The van der Waals surface area contributed by atoms with Crippen LogP contribution in [0.5, 0.6) is 5.75 Å². The van der Waals surface area contributed by atoms with Gasteiger partial charge in [0.25, 0.3) is 0 Å². The molecule has 0 radical (unpaired) electrons. The summed E-state index contributed by atoms with van der Waals surface area (Å²) in [5, 5.41) is 0. The molecule has 2 N–H and O–H groups in total. The number of thioether (sulfide) groups is 1. The first kappa shape index (κ1) is 15.7. The predicted molar refractivity (Wildman–Crippen MR) is 87.5 cm³/mol. The molecule has 0 bridgehead atoms. The molecule has 2 rings (SSSR count). The third-order valence-corrected chi connectivity index (χ3v) is 5.03. The Labute approximate surface area is 126 Å². The normalized spacial score (nSPS) is 20.1. The van der Waals surface area contributed by atoms with Gasteiger partial charge in [-0.2, -0.15) is 11.8 Å². The van der Waals surface area contributed by atoms with Crippen LogP contribution in [-0.4, -0.2) is 42.6 Å². The van der Waals surface area contributed by atoms with Crippen molar-refractivity contribution >= 4 is 11.8 Å². The summed E-state index contributed by atoms with van der Waals surface area (Å²) in [5.41, 5.74) is 7.73. The molecule has 2 atom stereocenters. The highest BCUT2D eigenvalue weighted by molar-refractivity contribution is 7.99. The summed E-state index contributed by atoms with van der Waals surface area (Å²) in [7, 11) is 1.70. The molecule has 1 heterocycles. The molecular weight excluding hydrogens is 268 g/mol. The molecule has 1 aromatic rings. The second-order valence-electron chi connectivity index (χ2n) is 5.29. The average Bonchev–Trinajstić information content (AvgIpc) is 2.77. The zero-order valence-corrected chi connectivity index (χ0v) is 13.4. The van der Waals surface area contributed by atoms with Crippen LogP contribution in [0.25, 0.3) is 0 Å². The Bertz CT molecular complexity index is 388. The molecule has 1 saturated heterocycles. The van der Waals surface area contributed by atoms with E-state index in [0.717, 1.165) is 25.3 Å². The molecule has 3 nitrogen and oxygen atoms in total. The number of ether oxygens (including phenoxy) is 1. The lowest BCUT2D eigenvalue weighted by Crippen LogP contribution is -2.41. The summed E-state index contributed by atoms with van der Waals surface area (Å²) in [6.45, 7) is 4.46. The summed E-state index contributed by atoms with van der Waals surface area (Å²) in [4.78, 5) is 2.57. The fraction of sp³-hybridized carbons (Fsp3) is 0.625. The molecule has 0 aliphatic carbocycles. The maximum atomic E-state index is 6.42. The van der Waals surface area contributed by atoms with Gasteiger partial charge in [0, 0.05) is 24.4 Å². The highest BCUT2D eigenvalue weighted by Gasteiger charge is 2.26. The van der Waals surface area contributed by atoms with Crippen LogP contribution in [0.2, 0.25) is 0 Å². The smallest absolute Gasteiger partial charge is 0.118 e. The van der Waals surface area contributed by atoms with Crippen molar-refractivity contribution < 1.29 is 4.74 Å². The lowest BCUT2D eigenvalue weighted by Gasteiger charge is -2.34. The molecule has 0 saturated carbocycles. The molecule has 2 unspecified atom stereocenters. The van der Waals surface area contributed by atoms with Crippen LogP contribution >= 0.6 is 11.8 Å². The SMILES string of the molecule is CCC(N)C(c1ccc(OC)cc1)N1CCCSCC1. The van der Waals surface area contributed by atoms with Gasteiger partial charge < -0.3 is 10.5 Å². The molecule has 112 valence electrons. The zero-order valence-electron chi connectivity index (χ0n) is 12.5. The minimum Gasteiger partial charge on any atom is -0.497 e. The van der Waals surface area contributed by atoms with Crippen LogP contribution in [0, 0.1) is 0 Å². The van der Waals surface area contributed by atoms with Crippen molar-refractivity contribution in [1.29, 1.82) is 0 Å². The maximum Gasteiger partial charge on any atom is 0.118 e. The number of benzene rings is 1. The van der Waals surface area contributed by atoms with E-state index in [-0.39, 0.29) is 6.04 Å². The lowest BCUT2D eigenvalue weighted by molar-refractivity contribution is 0.182. The van der Waals surface area contributed by atoms with Crippen molar-refractivity contribution in [3.63, 3.8) is 0 Å². The Balaban J connectivity index is 2.20. The third-order valence-electron chi connectivity index (χ3n) is 3.98. The Morgan fingerprint density at radius 2 is 2.00 bits per heavy atom. The largest absolute Gasteiger partial charge is 0.497 e. The first-order valence-corrected chi connectivity index (χ1v) is 8.63. The van der Waals surface area contributed by atoms with Crippen molar-refractivity contribution in [3.8, 4) is 5.75 Å². The summed E-state index contributed by atoms with van der Waals surface area (Å²) in [6.07, 6.45) is 2.26. The molecule has 4 heteroatoms. The molecule has 1 fully saturated rings. The summed E-state index contributed by atoms with van der Waals surface area (Å²) < 4.78 is 5.25. The zero-order chi connectivity index (χ0) is 14.4. The number of hydrogen-bond donors (Lipinski definition) is 1. The molecule has 1 aliphatic rings. The van der Waals surface area contributed by atoms with Crippen LogP contribution in [0.3, 0.4) is 0 Å². The van der Waals surface area contributed by atoms with Gasteiger partial charge in [-0.25, -0.2) is 0 Å². The Morgan fingerprint density at radius 3 is 2.65 bits per heavy atom. The Hall–Kier alpha value is -0.710. The van der Waals surface area contributed by atoms with Crippen LogP contribution in [0.1, 0.15) is 31.4 Å². The molecular formula is C16H26N2OS. The van der Waals surface area contributed by atoms with Crippen LogP contribution in [0.15, 0.2) is 24.3 Å². The van der Waals surface area contributed by atoms with Crippen LogP contribution in [0.4, 0.5) is 0 Å². The van der Waals surface area contributed by atoms with E-state index in [9.17, 15) is 0 Å². The molecule has 0 aromatic heterocycles. The second kappa shape index (κ2) is 7.91. The van der Waals surface area contributed by atoms with E-state index in [1.54, 1.807) is 7.11 Å². The maximum absolute atomic E-state index is 6.42. The summed E-state index contributed by atoms with van der Waals surface area (Å²) in [6, 6.07) is 8.92. The van der Waals surface area contributed by atoms with Gasteiger partial charge in [-0.15, -0.1) is 0 Å². The number of nitrogens with two attached hydrogens (primary N) is 1. The first-order valence-electron chi connectivity index (χ1n) is 7.47. The van der Waals surface area contributed by atoms with Crippen molar-refractivity contribution in [3.05, 3.63) is 29.8 Å². The number of rotatable bonds is 5.